The molecule has 0 aromatic heterocycles. The van der Waals surface area contributed by atoms with Gasteiger partial charge in [-0.3, -0.25) is 0 Å². The van der Waals surface area contributed by atoms with Crippen molar-refractivity contribution in [1.82, 2.24) is 0 Å². The molecular weight excluding hydrogens is 283 g/mol. The zero-order valence-electron chi connectivity index (χ0n) is 15.7. The van der Waals surface area contributed by atoms with E-state index in [9.17, 15) is 0 Å². The number of hydrogen-bond acceptors (Lipinski definition) is 0. The van der Waals surface area contributed by atoms with Gasteiger partial charge < -0.3 is 0 Å². The van der Waals surface area contributed by atoms with E-state index in [2.05, 4.69) is 91.8 Å². The zero-order valence-corrected chi connectivity index (χ0v) is 16.6. The van der Waals surface area contributed by atoms with Crippen molar-refractivity contribution in [2.75, 3.05) is 0 Å². The molecule has 0 radical (unpaired) electrons. The molecule has 0 amide bonds. The second-order valence-corrected chi connectivity index (χ2v) is 13.9. The summed E-state index contributed by atoms with van der Waals surface area (Å²) in [7, 11) is -0.125. The molecule has 2 rings (SSSR count). The fraction of sp³-hybridized carbons (Fsp3) is 0.619. The maximum absolute atomic E-state index is 2.50. The fourth-order valence-corrected chi connectivity index (χ4v) is 11.0. The van der Waals surface area contributed by atoms with Crippen molar-refractivity contribution < 1.29 is 0 Å². The van der Waals surface area contributed by atoms with Gasteiger partial charge in [0.15, 0.2) is 0 Å². The summed E-state index contributed by atoms with van der Waals surface area (Å²) in [6.45, 7) is 19.6. The van der Waals surface area contributed by atoms with E-state index in [1.54, 1.807) is 0 Å². The summed E-state index contributed by atoms with van der Waals surface area (Å²) in [6.07, 6.45) is 5.98. The minimum Gasteiger partial charge on any atom is -0.0898 e. The summed E-state index contributed by atoms with van der Waals surface area (Å²) in [5.41, 5.74) is 2.94. The normalized spacial score (nSPS) is 18.9. The molecule has 122 valence electrons. The maximum Gasteiger partial charge on any atom is 0.00357 e. The Morgan fingerprint density at radius 3 is 1.95 bits per heavy atom. The fourth-order valence-electron chi connectivity index (χ4n) is 4.95. The molecule has 1 unspecified atom stereocenters. The largest absolute Gasteiger partial charge is 0.0898 e. The standard InChI is InChI=1S/C21H33P/c1-19(2,3)22(20(4,5)6)21(7,8)15-17-14-13-16-11-9-10-12-18(16)17/h9-14,17H,15H2,1-8H3. The van der Waals surface area contributed by atoms with Crippen molar-refractivity contribution in [2.24, 2.45) is 0 Å². The summed E-state index contributed by atoms with van der Waals surface area (Å²) < 4.78 is 0. The highest BCUT2D eigenvalue weighted by Crippen LogP contribution is 2.69. The molecule has 0 saturated carbocycles. The van der Waals surface area contributed by atoms with E-state index in [4.69, 9.17) is 0 Å². The van der Waals surface area contributed by atoms with Crippen LogP contribution in [0.4, 0.5) is 0 Å². The number of rotatable bonds is 3. The summed E-state index contributed by atoms with van der Waals surface area (Å²) in [4.78, 5) is 0. The minimum absolute atomic E-state index is 0.125. The lowest BCUT2D eigenvalue weighted by molar-refractivity contribution is 0.551. The Morgan fingerprint density at radius 1 is 0.864 bits per heavy atom. The van der Waals surface area contributed by atoms with Gasteiger partial charge in [0.05, 0.1) is 0 Å². The van der Waals surface area contributed by atoms with E-state index in [1.165, 1.54) is 17.5 Å². The van der Waals surface area contributed by atoms with E-state index in [0.29, 0.717) is 21.4 Å². The van der Waals surface area contributed by atoms with Crippen LogP contribution in [0.1, 0.15) is 78.9 Å². The molecule has 0 spiro atoms. The molecule has 1 aliphatic rings. The Bertz CT molecular complexity index is 538. The summed E-state index contributed by atoms with van der Waals surface area (Å²) >= 11 is 0. The third-order valence-corrected chi connectivity index (χ3v) is 8.65. The van der Waals surface area contributed by atoms with Crippen LogP contribution in [0.2, 0.25) is 0 Å². The molecule has 1 aromatic carbocycles. The van der Waals surface area contributed by atoms with Gasteiger partial charge in [-0.25, -0.2) is 0 Å². The lowest BCUT2D eigenvalue weighted by atomic mass is 9.91. The van der Waals surface area contributed by atoms with Crippen LogP contribution in [-0.4, -0.2) is 15.5 Å². The van der Waals surface area contributed by atoms with Crippen molar-refractivity contribution in [2.45, 2.75) is 83.2 Å². The lowest BCUT2D eigenvalue weighted by Gasteiger charge is -2.52. The predicted molar refractivity (Wildman–Crippen MR) is 103 cm³/mol. The monoisotopic (exact) mass is 316 g/mol. The number of benzene rings is 1. The van der Waals surface area contributed by atoms with Crippen LogP contribution in [0.25, 0.3) is 6.08 Å². The van der Waals surface area contributed by atoms with Crippen molar-refractivity contribution in [1.29, 1.82) is 0 Å². The first kappa shape index (κ1) is 17.7. The molecule has 1 heteroatoms. The molecule has 0 saturated heterocycles. The Kier molecular flexibility index (Phi) is 4.67. The van der Waals surface area contributed by atoms with E-state index in [-0.39, 0.29) is 7.92 Å². The van der Waals surface area contributed by atoms with Crippen LogP contribution in [-0.2, 0) is 0 Å². The van der Waals surface area contributed by atoms with E-state index >= 15 is 0 Å². The molecular formula is C21H33P. The van der Waals surface area contributed by atoms with Gasteiger partial charge in [0.1, 0.15) is 0 Å². The van der Waals surface area contributed by atoms with Crippen LogP contribution < -0.4 is 0 Å². The zero-order chi connectivity index (χ0) is 16.8. The average molecular weight is 316 g/mol. The SMILES string of the molecule is CC(C)(C)P(C(C)(C)C)C(C)(C)CC1C=Cc2ccccc21. The Hall–Kier alpha value is -0.610. The van der Waals surface area contributed by atoms with Gasteiger partial charge in [-0.15, -0.1) is 0 Å². The highest BCUT2D eigenvalue weighted by molar-refractivity contribution is 7.62. The molecule has 0 fully saturated rings. The third kappa shape index (κ3) is 3.65. The van der Waals surface area contributed by atoms with Crippen molar-refractivity contribution >= 4 is 14.0 Å². The highest BCUT2D eigenvalue weighted by Gasteiger charge is 2.45. The molecule has 22 heavy (non-hydrogen) atoms. The molecule has 1 atom stereocenters. The number of hydrogen-bond donors (Lipinski definition) is 0. The Balaban J connectivity index is 2.29. The molecule has 0 N–H and O–H groups in total. The predicted octanol–water partition coefficient (Wildman–Crippen LogP) is 7.04. The first-order chi connectivity index (χ1) is 9.93. The van der Waals surface area contributed by atoms with Gasteiger partial charge in [0.2, 0.25) is 0 Å². The van der Waals surface area contributed by atoms with Crippen LogP contribution >= 0.6 is 7.92 Å². The number of allylic oxidation sites excluding steroid dienone is 1. The van der Waals surface area contributed by atoms with E-state index in [0.717, 1.165) is 0 Å². The lowest BCUT2D eigenvalue weighted by Crippen LogP contribution is -2.37. The molecule has 0 bridgehead atoms. The van der Waals surface area contributed by atoms with Crippen LogP contribution in [0.3, 0.4) is 0 Å². The molecule has 1 aliphatic carbocycles. The molecule has 1 aromatic rings. The van der Waals surface area contributed by atoms with Gasteiger partial charge in [-0.05, 0) is 33.0 Å². The van der Waals surface area contributed by atoms with E-state index < -0.39 is 0 Å². The molecule has 0 nitrogen and oxygen atoms in total. The van der Waals surface area contributed by atoms with Crippen LogP contribution in [0, 0.1) is 0 Å². The minimum atomic E-state index is -0.125. The van der Waals surface area contributed by atoms with Crippen LogP contribution in [0.5, 0.6) is 0 Å². The highest BCUT2D eigenvalue weighted by atomic mass is 31.1. The van der Waals surface area contributed by atoms with Gasteiger partial charge in [0.25, 0.3) is 0 Å². The summed E-state index contributed by atoms with van der Waals surface area (Å²) in [5.74, 6) is 0.584. The molecule has 0 heterocycles. The second-order valence-electron chi connectivity index (χ2n) is 9.29. The van der Waals surface area contributed by atoms with Crippen LogP contribution in [0.15, 0.2) is 30.3 Å². The Morgan fingerprint density at radius 2 is 1.41 bits per heavy atom. The topological polar surface area (TPSA) is 0 Å². The quantitative estimate of drug-likeness (QED) is 0.524. The summed E-state index contributed by atoms with van der Waals surface area (Å²) in [6, 6.07) is 8.89. The first-order valence-corrected chi connectivity index (χ1v) is 9.85. The molecule has 0 aliphatic heterocycles. The number of fused-ring (bicyclic) bond motifs is 1. The van der Waals surface area contributed by atoms with Crippen molar-refractivity contribution in [3.63, 3.8) is 0 Å². The van der Waals surface area contributed by atoms with Crippen molar-refractivity contribution in [3.8, 4) is 0 Å². The van der Waals surface area contributed by atoms with Crippen molar-refractivity contribution in [3.05, 3.63) is 41.5 Å². The van der Waals surface area contributed by atoms with Gasteiger partial charge in [-0.2, -0.15) is 0 Å². The smallest absolute Gasteiger partial charge is 0.00357 e. The first-order valence-electron chi connectivity index (χ1n) is 8.50. The Labute approximate surface area is 139 Å². The van der Waals surface area contributed by atoms with E-state index in [1.807, 2.05) is 0 Å². The van der Waals surface area contributed by atoms with Gasteiger partial charge in [0, 0.05) is 5.92 Å². The third-order valence-electron chi connectivity index (χ3n) is 4.57. The van der Waals surface area contributed by atoms with Gasteiger partial charge in [-0.1, -0.05) is 99.7 Å². The van der Waals surface area contributed by atoms with Gasteiger partial charge >= 0.3 is 0 Å². The second kappa shape index (κ2) is 5.79. The maximum atomic E-state index is 2.50. The summed E-state index contributed by atoms with van der Waals surface area (Å²) in [5, 5.41) is 1.11. The average Bonchev–Trinajstić information content (AvgIpc) is 2.67.